The van der Waals surface area contributed by atoms with E-state index in [-0.39, 0.29) is 0 Å². The van der Waals surface area contributed by atoms with Gasteiger partial charge in [-0.2, -0.15) is 0 Å². The molecular weight excluding hydrogens is 621 g/mol. The summed E-state index contributed by atoms with van der Waals surface area (Å²) in [5.74, 6) is 0.663. The summed E-state index contributed by atoms with van der Waals surface area (Å²) in [5.41, 5.74) is 12.1. The van der Waals surface area contributed by atoms with Crippen LogP contribution in [0.1, 0.15) is 0 Å². The van der Waals surface area contributed by atoms with Crippen molar-refractivity contribution in [1.82, 2.24) is 9.97 Å². The van der Waals surface area contributed by atoms with Gasteiger partial charge >= 0.3 is 0 Å². The quantitative estimate of drug-likeness (QED) is 0.174. The van der Waals surface area contributed by atoms with E-state index in [1.54, 1.807) is 0 Å². The lowest BCUT2D eigenvalue weighted by Crippen LogP contribution is -1.94. The van der Waals surface area contributed by atoms with Crippen LogP contribution in [0, 0.1) is 0 Å². The maximum Gasteiger partial charge on any atom is 0.180 e. The Balaban J connectivity index is 1.13. The fourth-order valence-electron chi connectivity index (χ4n) is 7.39. The monoisotopic (exact) mass is 650 g/mol. The van der Waals surface area contributed by atoms with Gasteiger partial charge in [-0.1, -0.05) is 170 Å². The standard InChI is InChI=1S/C48H30N2O/c1-3-13-31(14-4-1)32-25-27-33(28-26-32)35-17-11-18-36(29-35)37-19-12-20-38(30-37)48-49-44(34-15-5-2-6-16-34)47-45(50-48)43-41-23-9-7-21-39(41)40-22-8-10-24-42(40)46(43)51-47/h1-30H. The summed E-state index contributed by atoms with van der Waals surface area (Å²) in [6, 6.07) is 63.9. The number of nitrogens with zero attached hydrogens (tertiary/aromatic N) is 2. The van der Waals surface area contributed by atoms with Crippen molar-refractivity contribution < 1.29 is 4.42 Å². The molecule has 10 rings (SSSR count). The van der Waals surface area contributed by atoms with Crippen LogP contribution >= 0.6 is 0 Å². The zero-order valence-electron chi connectivity index (χ0n) is 27.6. The van der Waals surface area contributed by atoms with Crippen LogP contribution in [0.4, 0.5) is 0 Å². The van der Waals surface area contributed by atoms with Crippen molar-refractivity contribution in [2.24, 2.45) is 0 Å². The fraction of sp³-hybridized carbons (Fsp3) is 0. The second-order valence-electron chi connectivity index (χ2n) is 12.9. The molecule has 10 aromatic rings. The maximum absolute atomic E-state index is 6.81. The van der Waals surface area contributed by atoms with Crippen LogP contribution in [-0.2, 0) is 0 Å². The highest BCUT2D eigenvalue weighted by atomic mass is 16.3. The minimum absolute atomic E-state index is 0.663. The molecule has 3 heteroatoms. The summed E-state index contributed by atoms with van der Waals surface area (Å²) in [5, 5.41) is 5.55. The van der Waals surface area contributed by atoms with E-state index in [9.17, 15) is 0 Å². The second-order valence-corrected chi connectivity index (χ2v) is 12.9. The Morgan fingerprint density at radius 3 is 1.43 bits per heavy atom. The first-order valence-corrected chi connectivity index (χ1v) is 17.2. The molecule has 2 aromatic heterocycles. The van der Waals surface area contributed by atoms with E-state index in [1.807, 2.05) is 24.3 Å². The Morgan fingerprint density at radius 2 is 0.765 bits per heavy atom. The van der Waals surface area contributed by atoms with Crippen LogP contribution in [0.2, 0.25) is 0 Å². The maximum atomic E-state index is 6.81. The van der Waals surface area contributed by atoms with Gasteiger partial charge in [0.15, 0.2) is 11.4 Å². The SMILES string of the molecule is c1ccc(-c2ccc(-c3cccc(-c4cccc(-c5nc(-c6ccccc6)c6oc7c8ccccc8c8ccccc8c7c6n5)c4)c3)cc2)cc1. The van der Waals surface area contributed by atoms with Crippen LogP contribution in [0.5, 0.6) is 0 Å². The molecule has 0 fully saturated rings. The van der Waals surface area contributed by atoms with Crippen molar-refractivity contribution in [3.63, 3.8) is 0 Å². The molecule has 0 aliphatic carbocycles. The summed E-state index contributed by atoms with van der Waals surface area (Å²) in [7, 11) is 0. The second kappa shape index (κ2) is 11.9. The number of benzene rings is 8. The van der Waals surface area contributed by atoms with E-state index >= 15 is 0 Å². The van der Waals surface area contributed by atoms with Gasteiger partial charge < -0.3 is 4.42 Å². The lowest BCUT2D eigenvalue weighted by atomic mass is 9.96. The average Bonchev–Trinajstić information content (AvgIpc) is 3.62. The van der Waals surface area contributed by atoms with Gasteiger partial charge in [-0.05, 0) is 61.7 Å². The minimum Gasteiger partial charge on any atom is -0.451 e. The summed E-state index contributed by atoms with van der Waals surface area (Å²) >= 11 is 0. The number of fused-ring (bicyclic) bond motifs is 8. The van der Waals surface area contributed by atoms with E-state index in [1.165, 1.54) is 27.6 Å². The van der Waals surface area contributed by atoms with Crippen LogP contribution < -0.4 is 0 Å². The number of hydrogen-bond acceptors (Lipinski definition) is 3. The van der Waals surface area contributed by atoms with Gasteiger partial charge in [-0.25, -0.2) is 9.97 Å². The van der Waals surface area contributed by atoms with Crippen molar-refractivity contribution in [2.75, 3.05) is 0 Å². The molecule has 0 saturated heterocycles. The largest absolute Gasteiger partial charge is 0.451 e. The van der Waals surface area contributed by atoms with E-state index in [2.05, 4.69) is 158 Å². The highest BCUT2D eigenvalue weighted by Gasteiger charge is 2.22. The van der Waals surface area contributed by atoms with Gasteiger partial charge in [0.1, 0.15) is 16.8 Å². The molecule has 2 heterocycles. The fourth-order valence-corrected chi connectivity index (χ4v) is 7.39. The van der Waals surface area contributed by atoms with Crippen LogP contribution in [0.25, 0.3) is 99.6 Å². The summed E-state index contributed by atoms with van der Waals surface area (Å²) in [6.45, 7) is 0. The summed E-state index contributed by atoms with van der Waals surface area (Å²) in [4.78, 5) is 10.5. The lowest BCUT2D eigenvalue weighted by Gasteiger charge is -2.10. The third-order valence-corrected chi connectivity index (χ3v) is 9.88. The topological polar surface area (TPSA) is 38.9 Å². The van der Waals surface area contributed by atoms with Gasteiger partial charge in [-0.15, -0.1) is 0 Å². The molecule has 0 atom stereocenters. The predicted octanol–water partition coefficient (Wildman–Crippen LogP) is 13.0. The predicted molar refractivity (Wildman–Crippen MR) is 212 cm³/mol. The van der Waals surface area contributed by atoms with Crippen molar-refractivity contribution in [1.29, 1.82) is 0 Å². The highest BCUT2D eigenvalue weighted by molar-refractivity contribution is 6.30. The first kappa shape index (κ1) is 29.1. The molecule has 0 aliphatic heterocycles. The van der Waals surface area contributed by atoms with E-state index in [4.69, 9.17) is 14.4 Å². The molecule has 0 aliphatic rings. The van der Waals surface area contributed by atoms with E-state index < -0.39 is 0 Å². The van der Waals surface area contributed by atoms with Gasteiger partial charge in [0.2, 0.25) is 0 Å². The molecule has 0 N–H and O–H groups in total. The van der Waals surface area contributed by atoms with Crippen molar-refractivity contribution in [3.8, 4) is 56.0 Å². The van der Waals surface area contributed by atoms with Gasteiger partial charge in [0.25, 0.3) is 0 Å². The Kier molecular flexibility index (Phi) is 6.81. The Morgan fingerprint density at radius 1 is 0.314 bits per heavy atom. The van der Waals surface area contributed by atoms with Crippen molar-refractivity contribution in [2.45, 2.75) is 0 Å². The average molecular weight is 651 g/mol. The zero-order chi connectivity index (χ0) is 33.7. The molecular formula is C48H30N2O. The van der Waals surface area contributed by atoms with Crippen molar-refractivity contribution >= 4 is 43.6 Å². The minimum atomic E-state index is 0.663. The van der Waals surface area contributed by atoms with Crippen LogP contribution in [0.15, 0.2) is 186 Å². The smallest absolute Gasteiger partial charge is 0.180 e. The van der Waals surface area contributed by atoms with Gasteiger partial charge in [0.05, 0.1) is 5.39 Å². The van der Waals surface area contributed by atoms with E-state index in [0.29, 0.717) is 11.4 Å². The molecule has 0 amide bonds. The first-order valence-electron chi connectivity index (χ1n) is 17.2. The third kappa shape index (κ3) is 4.98. The molecule has 0 unspecified atom stereocenters. The summed E-state index contributed by atoms with van der Waals surface area (Å²) in [6.07, 6.45) is 0. The number of aromatic nitrogens is 2. The normalized spacial score (nSPS) is 11.5. The molecule has 0 radical (unpaired) electrons. The van der Waals surface area contributed by atoms with Gasteiger partial charge in [-0.3, -0.25) is 0 Å². The van der Waals surface area contributed by atoms with Crippen LogP contribution in [-0.4, -0.2) is 9.97 Å². The molecule has 238 valence electrons. The molecule has 0 spiro atoms. The number of furan rings is 1. The molecule has 3 nitrogen and oxygen atoms in total. The highest BCUT2D eigenvalue weighted by Crippen LogP contribution is 2.43. The molecule has 8 aromatic carbocycles. The van der Waals surface area contributed by atoms with Gasteiger partial charge in [0, 0.05) is 16.5 Å². The summed E-state index contributed by atoms with van der Waals surface area (Å²) < 4.78 is 6.81. The Labute approximate surface area is 295 Å². The van der Waals surface area contributed by atoms with E-state index in [0.717, 1.165) is 60.6 Å². The molecule has 0 saturated carbocycles. The number of hydrogen-bond donors (Lipinski definition) is 0. The Bertz CT molecular complexity index is 2890. The first-order chi connectivity index (χ1) is 25.3. The molecule has 0 bridgehead atoms. The van der Waals surface area contributed by atoms with Crippen LogP contribution in [0.3, 0.4) is 0 Å². The lowest BCUT2D eigenvalue weighted by molar-refractivity contribution is 0.671. The van der Waals surface area contributed by atoms with Crippen molar-refractivity contribution in [3.05, 3.63) is 182 Å². The Hall–Kier alpha value is -6.84. The third-order valence-electron chi connectivity index (χ3n) is 9.88. The number of rotatable bonds is 5. The molecule has 51 heavy (non-hydrogen) atoms. The zero-order valence-corrected chi connectivity index (χ0v) is 27.6.